The molecule has 0 spiro atoms. The highest BCUT2D eigenvalue weighted by atomic mass is 127. The van der Waals surface area contributed by atoms with Crippen molar-refractivity contribution in [3.05, 3.63) is 27.3 Å². The van der Waals surface area contributed by atoms with Gasteiger partial charge in [0.25, 0.3) is 5.91 Å². The molecule has 0 bridgehead atoms. The fraction of sp³-hybridized carbons (Fsp3) is 0.333. The van der Waals surface area contributed by atoms with E-state index in [1.165, 1.54) is 6.07 Å². The third-order valence-corrected chi connectivity index (χ3v) is 3.64. The SMILES string of the molecule is N#CC(NC(=O)c1ccc(I)c(O)c1)C1CC1. The summed E-state index contributed by atoms with van der Waals surface area (Å²) in [6, 6.07) is 6.40. The van der Waals surface area contributed by atoms with Crippen molar-refractivity contribution in [1.82, 2.24) is 5.32 Å². The van der Waals surface area contributed by atoms with E-state index in [9.17, 15) is 9.90 Å². The van der Waals surface area contributed by atoms with E-state index in [-0.39, 0.29) is 11.7 Å². The predicted molar refractivity (Wildman–Crippen MR) is 70.4 cm³/mol. The zero-order chi connectivity index (χ0) is 12.4. The molecular formula is C12H11IN2O2. The summed E-state index contributed by atoms with van der Waals surface area (Å²) in [6.45, 7) is 0. The van der Waals surface area contributed by atoms with Gasteiger partial charge in [0.05, 0.1) is 9.64 Å². The maximum atomic E-state index is 11.8. The standard InChI is InChI=1S/C12H11IN2O2/c13-9-4-3-8(5-11(9)16)12(17)15-10(6-14)7-1-2-7/h3-5,7,10,16H,1-2H2,(H,15,17). The molecule has 1 saturated carbocycles. The van der Waals surface area contributed by atoms with Crippen molar-refractivity contribution in [3.8, 4) is 11.8 Å². The Bertz CT molecular complexity index is 492. The summed E-state index contributed by atoms with van der Waals surface area (Å²) in [5.74, 6) is 0.0646. The van der Waals surface area contributed by atoms with Crippen molar-refractivity contribution in [2.24, 2.45) is 5.92 Å². The van der Waals surface area contributed by atoms with Crippen LogP contribution in [0.15, 0.2) is 18.2 Å². The Kier molecular flexibility index (Phi) is 3.52. The summed E-state index contributed by atoms with van der Waals surface area (Å²) < 4.78 is 0.693. The molecule has 0 heterocycles. The van der Waals surface area contributed by atoms with Crippen LogP contribution in [0.2, 0.25) is 0 Å². The lowest BCUT2D eigenvalue weighted by atomic mass is 10.1. The summed E-state index contributed by atoms with van der Waals surface area (Å²) in [6.07, 6.45) is 1.99. The number of phenols is 1. The van der Waals surface area contributed by atoms with Crippen molar-refractivity contribution in [3.63, 3.8) is 0 Å². The molecule has 1 amide bonds. The van der Waals surface area contributed by atoms with E-state index in [1.807, 2.05) is 22.6 Å². The first kappa shape index (κ1) is 12.2. The number of halogens is 1. The molecule has 2 rings (SSSR count). The van der Waals surface area contributed by atoms with Gasteiger partial charge in [0.15, 0.2) is 0 Å². The minimum absolute atomic E-state index is 0.0816. The maximum Gasteiger partial charge on any atom is 0.252 e. The first-order valence-corrected chi connectivity index (χ1v) is 6.38. The normalized spacial score (nSPS) is 16.0. The van der Waals surface area contributed by atoms with Crippen molar-refractivity contribution in [1.29, 1.82) is 5.26 Å². The number of nitriles is 1. The Hall–Kier alpha value is -1.29. The number of nitrogens with zero attached hydrogens (tertiary/aromatic N) is 1. The van der Waals surface area contributed by atoms with E-state index >= 15 is 0 Å². The monoisotopic (exact) mass is 342 g/mol. The fourth-order valence-corrected chi connectivity index (χ4v) is 1.90. The lowest BCUT2D eigenvalue weighted by Gasteiger charge is -2.10. The highest BCUT2D eigenvalue weighted by Gasteiger charge is 2.32. The van der Waals surface area contributed by atoms with E-state index in [0.717, 1.165) is 12.8 Å². The first-order chi connectivity index (χ1) is 8.11. The average Bonchev–Trinajstić information content (AvgIpc) is 3.13. The summed E-state index contributed by atoms with van der Waals surface area (Å²) in [5.41, 5.74) is 0.379. The molecule has 1 unspecified atom stereocenters. The minimum atomic E-state index is -0.413. The van der Waals surface area contributed by atoms with Crippen LogP contribution in [0, 0.1) is 20.8 Å². The maximum absolute atomic E-state index is 11.8. The number of aromatic hydroxyl groups is 1. The zero-order valence-corrected chi connectivity index (χ0v) is 11.1. The van der Waals surface area contributed by atoms with Gasteiger partial charge in [-0.15, -0.1) is 0 Å². The molecule has 5 heteroatoms. The number of rotatable bonds is 3. The quantitative estimate of drug-likeness (QED) is 0.826. The molecule has 0 radical (unpaired) electrons. The van der Waals surface area contributed by atoms with Crippen LogP contribution in [0.1, 0.15) is 23.2 Å². The second-order valence-corrected chi connectivity index (χ2v) is 5.25. The molecule has 2 N–H and O–H groups in total. The zero-order valence-electron chi connectivity index (χ0n) is 8.98. The molecule has 1 aliphatic carbocycles. The molecule has 88 valence electrons. The lowest BCUT2D eigenvalue weighted by molar-refractivity contribution is 0.0941. The Morgan fingerprint density at radius 2 is 2.29 bits per heavy atom. The second-order valence-electron chi connectivity index (χ2n) is 4.08. The van der Waals surface area contributed by atoms with Gasteiger partial charge in [0.2, 0.25) is 0 Å². The van der Waals surface area contributed by atoms with Crippen LogP contribution in [0.4, 0.5) is 0 Å². The van der Waals surface area contributed by atoms with E-state index in [1.54, 1.807) is 12.1 Å². The number of hydrogen-bond donors (Lipinski definition) is 2. The summed E-state index contributed by atoms with van der Waals surface area (Å²) in [4.78, 5) is 11.8. The van der Waals surface area contributed by atoms with Crippen LogP contribution in [-0.2, 0) is 0 Å². The lowest BCUT2D eigenvalue weighted by Crippen LogP contribution is -2.35. The van der Waals surface area contributed by atoms with Crippen molar-refractivity contribution in [2.75, 3.05) is 0 Å². The Labute approximate surface area is 113 Å². The smallest absolute Gasteiger partial charge is 0.252 e. The third-order valence-electron chi connectivity index (χ3n) is 2.73. The number of nitrogens with one attached hydrogen (secondary N) is 1. The van der Waals surface area contributed by atoms with Crippen LogP contribution in [0.5, 0.6) is 5.75 Å². The van der Waals surface area contributed by atoms with Gasteiger partial charge in [0, 0.05) is 5.56 Å². The van der Waals surface area contributed by atoms with Gasteiger partial charge in [-0.05, 0) is 59.5 Å². The van der Waals surface area contributed by atoms with E-state index in [2.05, 4.69) is 11.4 Å². The Morgan fingerprint density at radius 3 is 2.82 bits per heavy atom. The van der Waals surface area contributed by atoms with Gasteiger partial charge in [-0.2, -0.15) is 5.26 Å². The molecule has 17 heavy (non-hydrogen) atoms. The number of phenolic OH excluding ortho intramolecular Hbond substituents is 1. The summed E-state index contributed by atoms with van der Waals surface area (Å²) in [5, 5.41) is 21.1. The van der Waals surface area contributed by atoms with Gasteiger partial charge in [-0.3, -0.25) is 4.79 Å². The minimum Gasteiger partial charge on any atom is -0.507 e. The topological polar surface area (TPSA) is 73.1 Å². The molecule has 0 aromatic heterocycles. The van der Waals surface area contributed by atoms with Crippen molar-refractivity contribution < 1.29 is 9.90 Å². The largest absolute Gasteiger partial charge is 0.507 e. The van der Waals surface area contributed by atoms with Gasteiger partial charge in [-0.1, -0.05) is 0 Å². The number of benzene rings is 1. The molecule has 4 nitrogen and oxygen atoms in total. The molecule has 1 fully saturated rings. The molecule has 0 saturated heterocycles. The molecule has 1 aromatic rings. The predicted octanol–water partition coefficient (Wildman–Crippen LogP) is 2.03. The molecule has 0 aliphatic heterocycles. The van der Waals surface area contributed by atoms with Crippen LogP contribution in [0.25, 0.3) is 0 Å². The molecule has 1 aliphatic rings. The van der Waals surface area contributed by atoms with Gasteiger partial charge in [-0.25, -0.2) is 0 Å². The number of carbonyl (C=O) groups is 1. The highest BCUT2D eigenvalue weighted by Crippen LogP contribution is 2.32. The van der Waals surface area contributed by atoms with E-state index in [4.69, 9.17) is 5.26 Å². The Balaban J connectivity index is 2.08. The van der Waals surface area contributed by atoms with Gasteiger partial charge in [0.1, 0.15) is 11.8 Å². The van der Waals surface area contributed by atoms with Crippen molar-refractivity contribution in [2.45, 2.75) is 18.9 Å². The van der Waals surface area contributed by atoms with Gasteiger partial charge < -0.3 is 10.4 Å². The Morgan fingerprint density at radius 1 is 1.59 bits per heavy atom. The number of hydrogen-bond acceptors (Lipinski definition) is 3. The number of amides is 1. The average molecular weight is 342 g/mol. The first-order valence-electron chi connectivity index (χ1n) is 5.31. The highest BCUT2D eigenvalue weighted by molar-refractivity contribution is 14.1. The van der Waals surface area contributed by atoms with Crippen LogP contribution in [-0.4, -0.2) is 17.1 Å². The second kappa shape index (κ2) is 4.92. The molecule has 1 aromatic carbocycles. The van der Waals surface area contributed by atoms with Gasteiger partial charge >= 0.3 is 0 Å². The van der Waals surface area contributed by atoms with E-state index in [0.29, 0.717) is 15.1 Å². The molecule has 1 atom stereocenters. The fourth-order valence-electron chi connectivity index (χ4n) is 1.56. The van der Waals surface area contributed by atoms with Crippen LogP contribution in [0.3, 0.4) is 0 Å². The van der Waals surface area contributed by atoms with Crippen LogP contribution >= 0.6 is 22.6 Å². The van der Waals surface area contributed by atoms with Crippen molar-refractivity contribution >= 4 is 28.5 Å². The van der Waals surface area contributed by atoms with E-state index < -0.39 is 6.04 Å². The third kappa shape index (κ3) is 2.88. The number of carbonyl (C=O) groups excluding carboxylic acids is 1. The summed E-state index contributed by atoms with van der Waals surface area (Å²) >= 11 is 1.98. The van der Waals surface area contributed by atoms with Crippen LogP contribution < -0.4 is 5.32 Å². The summed E-state index contributed by atoms with van der Waals surface area (Å²) in [7, 11) is 0. The molecular weight excluding hydrogens is 331 g/mol.